The van der Waals surface area contributed by atoms with Crippen molar-refractivity contribution in [3.63, 3.8) is 0 Å². The van der Waals surface area contributed by atoms with Crippen LogP contribution in [0, 0.1) is 0 Å². The molecule has 0 aliphatic rings. The van der Waals surface area contributed by atoms with Crippen molar-refractivity contribution in [2.45, 2.75) is 0 Å². The highest BCUT2D eigenvalue weighted by molar-refractivity contribution is 9.10. The van der Waals surface area contributed by atoms with E-state index < -0.39 is 0 Å². The second-order valence-corrected chi connectivity index (χ2v) is 6.67. The third-order valence-electron chi connectivity index (χ3n) is 3.89. The summed E-state index contributed by atoms with van der Waals surface area (Å²) < 4.78 is 11.8. The van der Waals surface area contributed by atoms with Crippen LogP contribution in [0.2, 0.25) is 0 Å². The molecule has 28 heavy (non-hydrogen) atoms. The van der Waals surface area contributed by atoms with Crippen LogP contribution in [0.1, 0.15) is 10.4 Å². The molecule has 0 radical (unpaired) electrons. The van der Waals surface area contributed by atoms with E-state index in [0.717, 1.165) is 10.0 Å². The van der Waals surface area contributed by atoms with Crippen LogP contribution in [-0.4, -0.2) is 15.9 Å². The molecule has 4 rings (SSSR count). The molecule has 2 aromatic heterocycles. The van der Waals surface area contributed by atoms with Gasteiger partial charge in [0.25, 0.3) is 5.91 Å². The zero-order valence-corrected chi connectivity index (χ0v) is 16.1. The topological polar surface area (TPSA) is 77.2 Å². The van der Waals surface area contributed by atoms with Gasteiger partial charge >= 0.3 is 0 Å². The van der Waals surface area contributed by atoms with Gasteiger partial charge < -0.3 is 14.5 Å². The molecule has 0 aliphatic carbocycles. The largest absolute Gasteiger partial charge is 0.444 e. The van der Waals surface area contributed by atoms with Crippen molar-refractivity contribution in [3.05, 3.63) is 89.5 Å². The second-order valence-electron chi connectivity index (χ2n) is 5.82. The molecule has 2 heterocycles. The van der Waals surface area contributed by atoms with Crippen molar-refractivity contribution >= 4 is 27.5 Å². The second kappa shape index (κ2) is 8.06. The van der Waals surface area contributed by atoms with Gasteiger partial charge in [0.2, 0.25) is 5.88 Å². The lowest BCUT2D eigenvalue weighted by atomic mass is 10.1. The molecule has 0 bridgehead atoms. The minimum atomic E-state index is -0.269. The number of hydrogen-bond donors (Lipinski definition) is 1. The summed E-state index contributed by atoms with van der Waals surface area (Å²) in [7, 11) is 0. The summed E-state index contributed by atoms with van der Waals surface area (Å²) >= 11 is 3.42. The molecular weight excluding hydrogens is 422 g/mol. The van der Waals surface area contributed by atoms with Crippen LogP contribution < -0.4 is 10.1 Å². The van der Waals surface area contributed by atoms with Crippen LogP contribution in [0.25, 0.3) is 11.3 Å². The Hall–Kier alpha value is -3.45. The van der Waals surface area contributed by atoms with E-state index in [0.29, 0.717) is 28.6 Å². The number of oxazole rings is 1. The van der Waals surface area contributed by atoms with Crippen LogP contribution in [0.5, 0.6) is 11.6 Å². The van der Waals surface area contributed by atoms with Crippen LogP contribution in [-0.2, 0) is 0 Å². The lowest BCUT2D eigenvalue weighted by Gasteiger charge is -2.08. The monoisotopic (exact) mass is 435 g/mol. The number of carbonyl (C=O) groups is 1. The highest BCUT2D eigenvalue weighted by Crippen LogP contribution is 2.28. The van der Waals surface area contributed by atoms with Crippen LogP contribution >= 0.6 is 15.9 Å². The summed E-state index contributed by atoms with van der Waals surface area (Å²) in [5.41, 5.74) is 1.89. The normalized spacial score (nSPS) is 10.5. The molecule has 1 amide bonds. The number of aromatic nitrogens is 2. The van der Waals surface area contributed by atoms with Gasteiger partial charge in [-0.2, -0.15) is 0 Å². The van der Waals surface area contributed by atoms with Gasteiger partial charge in [-0.25, -0.2) is 9.97 Å². The fraction of sp³-hybridized carbons (Fsp3) is 0. The first-order valence-corrected chi connectivity index (χ1v) is 9.17. The number of benzene rings is 2. The van der Waals surface area contributed by atoms with Crippen molar-refractivity contribution in [2.75, 3.05) is 5.32 Å². The number of carbonyl (C=O) groups excluding carboxylic acids is 1. The fourth-order valence-corrected chi connectivity index (χ4v) is 2.89. The van der Waals surface area contributed by atoms with E-state index in [1.54, 1.807) is 24.4 Å². The van der Waals surface area contributed by atoms with Gasteiger partial charge in [0.1, 0.15) is 5.75 Å². The first-order valence-electron chi connectivity index (χ1n) is 8.38. The van der Waals surface area contributed by atoms with Gasteiger partial charge in [-0.1, -0.05) is 24.3 Å². The Labute approximate surface area is 169 Å². The fourth-order valence-electron chi connectivity index (χ4n) is 2.53. The van der Waals surface area contributed by atoms with Crippen molar-refractivity contribution in [2.24, 2.45) is 0 Å². The highest BCUT2D eigenvalue weighted by atomic mass is 79.9. The molecule has 0 aliphatic heterocycles. The number of hydrogen-bond acceptors (Lipinski definition) is 5. The SMILES string of the molecule is O=C(Nc1cccc(-c2cnco2)c1)c1ccc(Oc2ccccc2Br)nc1. The number of nitrogens with one attached hydrogen (secondary N) is 1. The third kappa shape index (κ3) is 4.10. The number of para-hydroxylation sites is 1. The van der Waals surface area contributed by atoms with Gasteiger partial charge in [0.05, 0.1) is 16.2 Å². The van der Waals surface area contributed by atoms with E-state index in [4.69, 9.17) is 9.15 Å². The van der Waals surface area contributed by atoms with Crippen molar-refractivity contribution in [1.29, 1.82) is 0 Å². The predicted molar refractivity (Wildman–Crippen MR) is 108 cm³/mol. The summed E-state index contributed by atoms with van der Waals surface area (Å²) in [6, 6.07) is 18.1. The Balaban J connectivity index is 1.45. The molecule has 0 saturated heterocycles. The van der Waals surface area contributed by atoms with Crippen LogP contribution in [0.3, 0.4) is 0 Å². The zero-order valence-electron chi connectivity index (χ0n) is 14.5. The van der Waals surface area contributed by atoms with Crippen molar-refractivity contribution in [3.8, 4) is 23.0 Å². The summed E-state index contributed by atoms with van der Waals surface area (Å²) in [5.74, 6) is 1.41. The molecule has 138 valence electrons. The molecule has 0 saturated carbocycles. The van der Waals surface area contributed by atoms with Crippen molar-refractivity contribution in [1.82, 2.24) is 9.97 Å². The third-order valence-corrected chi connectivity index (χ3v) is 4.54. The van der Waals surface area contributed by atoms with E-state index in [9.17, 15) is 4.79 Å². The van der Waals surface area contributed by atoms with E-state index in [2.05, 4.69) is 31.2 Å². The maximum atomic E-state index is 12.5. The van der Waals surface area contributed by atoms with E-state index in [1.165, 1.54) is 12.6 Å². The summed E-state index contributed by atoms with van der Waals surface area (Å²) in [4.78, 5) is 20.6. The molecule has 4 aromatic rings. The maximum Gasteiger partial charge on any atom is 0.257 e. The smallest absolute Gasteiger partial charge is 0.257 e. The number of anilines is 1. The van der Waals surface area contributed by atoms with E-state index in [1.807, 2.05) is 42.5 Å². The van der Waals surface area contributed by atoms with Gasteiger partial charge in [-0.3, -0.25) is 4.79 Å². The average molecular weight is 436 g/mol. The highest BCUT2D eigenvalue weighted by Gasteiger charge is 2.10. The molecule has 0 unspecified atom stereocenters. The Kier molecular flexibility index (Phi) is 5.16. The number of ether oxygens (including phenoxy) is 1. The molecule has 6 nitrogen and oxygen atoms in total. The Morgan fingerprint density at radius 2 is 1.93 bits per heavy atom. The molecule has 0 atom stereocenters. The van der Waals surface area contributed by atoms with Gasteiger partial charge in [-0.15, -0.1) is 0 Å². The number of nitrogens with zero attached hydrogens (tertiary/aromatic N) is 2. The summed E-state index contributed by atoms with van der Waals surface area (Å²) in [6.07, 6.45) is 4.46. The number of amides is 1. The summed E-state index contributed by atoms with van der Waals surface area (Å²) in [6.45, 7) is 0. The first kappa shape index (κ1) is 17.9. The Bertz CT molecular complexity index is 1100. The number of pyridine rings is 1. The molecule has 2 aromatic carbocycles. The standard InChI is InChI=1S/C21H14BrN3O3/c22-17-6-1-2-7-18(17)28-20-9-8-15(11-24-20)21(26)25-16-5-3-4-14(10-16)19-12-23-13-27-19/h1-13H,(H,25,26). The maximum absolute atomic E-state index is 12.5. The molecule has 0 spiro atoms. The van der Waals surface area contributed by atoms with Crippen LogP contribution in [0.4, 0.5) is 5.69 Å². The summed E-state index contributed by atoms with van der Waals surface area (Å²) in [5, 5.41) is 2.85. The number of halogens is 1. The van der Waals surface area contributed by atoms with Gasteiger partial charge in [0, 0.05) is 23.5 Å². The average Bonchev–Trinajstić information content (AvgIpc) is 3.25. The number of rotatable bonds is 5. The zero-order chi connectivity index (χ0) is 19.3. The molecular formula is C21H14BrN3O3. The van der Waals surface area contributed by atoms with Crippen LogP contribution in [0.15, 0.2) is 88.3 Å². The predicted octanol–water partition coefficient (Wildman–Crippen LogP) is 5.54. The van der Waals surface area contributed by atoms with Gasteiger partial charge in [-0.05, 0) is 46.3 Å². The minimum Gasteiger partial charge on any atom is -0.444 e. The molecule has 0 fully saturated rings. The molecule has 1 N–H and O–H groups in total. The Morgan fingerprint density at radius 3 is 2.68 bits per heavy atom. The van der Waals surface area contributed by atoms with E-state index >= 15 is 0 Å². The van der Waals surface area contributed by atoms with E-state index in [-0.39, 0.29) is 5.91 Å². The van der Waals surface area contributed by atoms with Crippen molar-refractivity contribution < 1.29 is 13.9 Å². The first-order chi connectivity index (χ1) is 13.7. The van der Waals surface area contributed by atoms with Gasteiger partial charge in [0.15, 0.2) is 12.2 Å². The lowest BCUT2D eigenvalue weighted by Crippen LogP contribution is -2.12. The quantitative estimate of drug-likeness (QED) is 0.444. The molecule has 7 heteroatoms. The minimum absolute atomic E-state index is 0.269. The Morgan fingerprint density at radius 1 is 1.04 bits per heavy atom. The lowest BCUT2D eigenvalue weighted by molar-refractivity contribution is 0.102.